The summed E-state index contributed by atoms with van der Waals surface area (Å²) in [4.78, 5) is 12.0. The van der Waals surface area contributed by atoms with Crippen molar-refractivity contribution in [2.24, 2.45) is 0 Å². The molecule has 0 atom stereocenters. The van der Waals surface area contributed by atoms with Gasteiger partial charge in [0.15, 0.2) is 0 Å². The van der Waals surface area contributed by atoms with Gasteiger partial charge in [0.2, 0.25) is 0 Å². The van der Waals surface area contributed by atoms with Gasteiger partial charge in [0.1, 0.15) is 5.82 Å². The third-order valence-corrected chi connectivity index (χ3v) is 2.87. The predicted octanol–water partition coefficient (Wildman–Crippen LogP) is 3.62. The highest BCUT2D eigenvalue weighted by Crippen LogP contribution is 2.21. The monoisotopic (exact) mass is 278 g/mol. The molecule has 19 heavy (non-hydrogen) atoms. The summed E-state index contributed by atoms with van der Waals surface area (Å²) in [5.74, 6) is -0.982. The maximum absolute atomic E-state index is 13.2. The fourth-order valence-corrected chi connectivity index (χ4v) is 1.84. The third kappa shape index (κ3) is 3.23. The minimum atomic E-state index is -0.548. The number of nitrogens with two attached hydrogens (primary N) is 1. The molecule has 0 aliphatic rings. The lowest BCUT2D eigenvalue weighted by molar-refractivity contribution is 0.102. The molecule has 0 spiro atoms. The zero-order valence-electron chi connectivity index (χ0n) is 10.2. The molecule has 3 nitrogen and oxygen atoms in total. The number of aryl methyl sites for hydroxylation is 1. The molecule has 2 aromatic carbocycles. The van der Waals surface area contributed by atoms with E-state index < -0.39 is 11.7 Å². The number of benzene rings is 2. The van der Waals surface area contributed by atoms with Crippen LogP contribution in [0.1, 0.15) is 15.9 Å². The Morgan fingerprint density at radius 3 is 2.68 bits per heavy atom. The maximum atomic E-state index is 13.2. The van der Waals surface area contributed by atoms with Gasteiger partial charge in [-0.15, -0.1) is 0 Å². The molecule has 0 aromatic heterocycles. The Balaban J connectivity index is 2.28. The van der Waals surface area contributed by atoms with E-state index in [4.69, 9.17) is 17.3 Å². The molecular formula is C14H12ClFN2O. The molecule has 0 aliphatic heterocycles. The smallest absolute Gasteiger partial charge is 0.255 e. The summed E-state index contributed by atoms with van der Waals surface area (Å²) in [5.41, 5.74) is 7.32. The fourth-order valence-electron chi connectivity index (χ4n) is 1.67. The summed E-state index contributed by atoms with van der Waals surface area (Å²) in [6.45, 7) is 1.84. The van der Waals surface area contributed by atoms with Gasteiger partial charge in [-0.3, -0.25) is 4.79 Å². The maximum Gasteiger partial charge on any atom is 0.255 e. The van der Waals surface area contributed by atoms with Crippen LogP contribution in [0.5, 0.6) is 0 Å². The van der Waals surface area contributed by atoms with E-state index in [1.165, 1.54) is 6.07 Å². The molecule has 0 saturated heterocycles. The van der Waals surface area contributed by atoms with Crippen LogP contribution in [-0.2, 0) is 0 Å². The molecule has 0 saturated carbocycles. The Kier molecular flexibility index (Phi) is 3.71. The average molecular weight is 279 g/mol. The fraction of sp³-hybridized carbons (Fsp3) is 0.0714. The largest absolute Gasteiger partial charge is 0.399 e. The van der Waals surface area contributed by atoms with Crippen LogP contribution in [0.4, 0.5) is 15.8 Å². The number of nitrogens with one attached hydrogen (secondary N) is 1. The van der Waals surface area contributed by atoms with Crippen molar-refractivity contribution in [1.82, 2.24) is 0 Å². The SMILES string of the molecule is Cc1ccc(Cl)cc1NC(=O)c1cc(N)cc(F)c1. The molecular weight excluding hydrogens is 267 g/mol. The Morgan fingerprint density at radius 2 is 2.00 bits per heavy atom. The van der Waals surface area contributed by atoms with Gasteiger partial charge in [0, 0.05) is 22.0 Å². The van der Waals surface area contributed by atoms with Crippen molar-refractivity contribution in [1.29, 1.82) is 0 Å². The van der Waals surface area contributed by atoms with Crippen molar-refractivity contribution in [3.8, 4) is 0 Å². The lowest BCUT2D eigenvalue weighted by atomic mass is 10.1. The summed E-state index contributed by atoms with van der Waals surface area (Å²) < 4.78 is 13.2. The van der Waals surface area contributed by atoms with Crippen LogP contribution in [-0.4, -0.2) is 5.91 Å². The molecule has 0 unspecified atom stereocenters. The lowest BCUT2D eigenvalue weighted by Crippen LogP contribution is -2.13. The molecule has 98 valence electrons. The Hall–Kier alpha value is -2.07. The standard InChI is InChI=1S/C14H12ClFN2O/c1-8-2-3-10(15)6-13(8)18-14(19)9-4-11(16)7-12(17)5-9/h2-7H,17H2,1H3,(H,18,19). The third-order valence-electron chi connectivity index (χ3n) is 2.63. The molecule has 2 rings (SSSR count). The van der Waals surface area contributed by atoms with Crippen molar-refractivity contribution in [2.45, 2.75) is 6.92 Å². The van der Waals surface area contributed by atoms with Crippen LogP contribution in [0.15, 0.2) is 36.4 Å². The number of anilines is 2. The molecule has 3 N–H and O–H groups in total. The number of halogens is 2. The van der Waals surface area contributed by atoms with Crippen molar-refractivity contribution in [3.63, 3.8) is 0 Å². The van der Waals surface area contributed by atoms with Crippen LogP contribution < -0.4 is 11.1 Å². The summed E-state index contributed by atoms with van der Waals surface area (Å²) in [6, 6.07) is 8.85. The summed E-state index contributed by atoms with van der Waals surface area (Å²) in [5, 5.41) is 3.19. The van der Waals surface area contributed by atoms with E-state index >= 15 is 0 Å². The van der Waals surface area contributed by atoms with Crippen LogP contribution in [0.2, 0.25) is 5.02 Å². The number of hydrogen-bond acceptors (Lipinski definition) is 2. The molecule has 2 aromatic rings. The minimum absolute atomic E-state index is 0.164. The van der Waals surface area contributed by atoms with Gasteiger partial charge in [-0.05, 0) is 42.8 Å². The number of amides is 1. The van der Waals surface area contributed by atoms with Crippen LogP contribution in [0, 0.1) is 12.7 Å². The van der Waals surface area contributed by atoms with Gasteiger partial charge in [-0.1, -0.05) is 17.7 Å². The normalized spacial score (nSPS) is 10.3. The van der Waals surface area contributed by atoms with Gasteiger partial charge in [-0.2, -0.15) is 0 Å². The van der Waals surface area contributed by atoms with Crippen LogP contribution in [0.3, 0.4) is 0 Å². The van der Waals surface area contributed by atoms with E-state index in [2.05, 4.69) is 5.32 Å². The summed E-state index contributed by atoms with van der Waals surface area (Å²) in [7, 11) is 0. The van der Waals surface area contributed by atoms with Crippen LogP contribution >= 0.6 is 11.6 Å². The molecule has 0 heterocycles. The second kappa shape index (κ2) is 5.28. The van der Waals surface area contributed by atoms with Gasteiger partial charge >= 0.3 is 0 Å². The topological polar surface area (TPSA) is 55.1 Å². The Bertz CT molecular complexity index is 623. The highest BCUT2D eigenvalue weighted by atomic mass is 35.5. The first-order valence-corrected chi connectivity index (χ1v) is 5.97. The quantitative estimate of drug-likeness (QED) is 0.824. The van der Waals surface area contributed by atoms with Gasteiger partial charge < -0.3 is 11.1 Å². The molecule has 5 heteroatoms. The number of nitrogen functional groups attached to an aromatic ring is 1. The second-order valence-electron chi connectivity index (χ2n) is 4.19. The van der Waals surface area contributed by atoms with Crippen molar-refractivity contribution >= 4 is 28.9 Å². The summed E-state index contributed by atoms with van der Waals surface area (Å²) in [6.07, 6.45) is 0. The number of hydrogen-bond donors (Lipinski definition) is 2. The summed E-state index contributed by atoms with van der Waals surface area (Å²) >= 11 is 5.87. The van der Waals surface area contributed by atoms with Crippen molar-refractivity contribution in [3.05, 3.63) is 58.4 Å². The zero-order valence-corrected chi connectivity index (χ0v) is 11.0. The number of carbonyl (C=O) groups excluding carboxylic acids is 1. The second-order valence-corrected chi connectivity index (χ2v) is 4.62. The van der Waals surface area contributed by atoms with Gasteiger partial charge in [0.25, 0.3) is 5.91 Å². The number of carbonyl (C=O) groups is 1. The molecule has 0 aliphatic carbocycles. The lowest BCUT2D eigenvalue weighted by Gasteiger charge is -2.09. The van der Waals surface area contributed by atoms with Crippen LogP contribution in [0.25, 0.3) is 0 Å². The molecule has 0 bridgehead atoms. The zero-order chi connectivity index (χ0) is 14.0. The molecule has 1 amide bonds. The van der Waals surface area contributed by atoms with E-state index in [-0.39, 0.29) is 11.3 Å². The first-order chi connectivity index (χ1) is 8.95. The Morgan fingerprint density at radius 1 is 1.26 bits per heavy atom. The predicted molar refractivity (Wildman–Crippen MR) is 75.0 cm³/mol. The van der Waals surface area contributed by atoms with E-state index in [9.17, 15) is 9.18 Å². The van der Waals surface area contributed by atoms with E-state index in [1.807, 2.05) is 6.92 Å². The Labute approximate surface area is 115 Å². The molecule has 0 fully saturated rings. The highest BCUT2D eigenvalue weighted by molar-refractivity contribution is 6.31. The molecule has 0 radical (unpaired) electrons. The first kappa shape index (κ1) is 13.4. The van der Waals surface area contributed by atoms with Gasteiger partial charge in [0.05, 0.1) is 0 Å². The average Bonchev–Trinajstić information content (AvgIpc) is 2.32. The van der Waals surface area contributed by atoms with Crippen molar-refractivity contribution in [2.75, 3.05) is 11.1 Å². The van der Waals surface area contributed by atoms with E-state index in [0.717, 1.165) is 17.7 Å². The minimum Gasteiger partial charge on any atom is -0.399 e. The van der Waals surface area contributed by atoms with E-state index in [1.54, 1.807) is 18.2 Å². The van der Waals surface area contributed by atoms with Gasteiger partial charge in [-0.25, -0.2) is 4.39 Å². The highest BCUT2D eigenvalue weighted by Gasteiger charge is 2.10. The van der Waals surface area contributed by atoms with E-state index in [0.29, 0.717) is 10.7 Å². The van der Waals surface area contributed by atoms with Crippen molar-refractivity contribution < 1.29 is 9.18 Å². The first-order valence-electron chi connectivity index (χ1n) is 5.59. The number of rotatable bonds is 2.